The van der Waals surface area contributed by atoms with Crippen molar-refractivity contribution in [3.8, 4) is 0 Å². The van der Waals surface area contributed by atoms with Gasteiger partial charge in [-0.05, 0) is 24.7 Å². The molecule has 1 N–H and O–H groups in total. The molecule has 1 aliphatic carbocycles. The molecule has 1 aliphatic heterocycles. The van der Waals surface area contributed by atoms with Crippen molar-refractivity contribution >= 4 is 0 Å². The summed E-state index contributed by atoms with van der Waals surface area (Å²) in [5, 5.41) is 9.84. The number of hydrogen-bond acceptors (Lipinski definition) is 2. The lowest BCUT2D eigenvalue weighted by molar-refractivity contribution is -0.174. The highest BCUT2D eigenvalue weighted by molar-refractivity contribution is 5.21. The molecule has 1 heterocycles. The number of aliphatic hydroxyl groups excluding tert-OH is 1. The van der Waals surface area contributed by atoms with E-state index in [4.69, 9.17) is 4.74 Å². The van der Waals surface area contributed by atoms with Crippen LogP contribution in [0.15, 0.2) is 11.6 Å². The summed E-state index contributed by atoms with van der Waals surface area (Å²) in [6, 6.07) is 0. The van der Waals surface area contributed by atoms with E-state index < -0.39 is 0 Å². The van der Waals surface area contributed by atoms with Crippen molar-refractivity contribution in [3.05, 3.63) is 11.6 Å². The van der Waals surface area contributed by atoms with E-state index in [9.17, 15) is 5.11 Å². The number of aliphatic hydroxyl groups is 1. The van der Waals surface area contributed by atoms with Crippen LogP contribution in [0.2, 0.25) is 0 Å². The lowest BCUT2D eigenvalue weighted by Crippen LogP contribution is -2.57. The Hall–Kier alpha value is -0.340. The van der Waals surface area contributed by atoms with Gasteiger partial charge in [0, 0.05) is 11.3 Å². The Kier molecular flexibility index (Phi) is 3.39. The fraction of sp³-hybridized carbons (Fsp3) is 0.867. The van der Waals surface area contributed by atoms with E-state index in [2.05, 4.69) is 40.7 Å². The lowest BCUT2D eigenvalue weighted by Gasteiger charge is -2.55. The largest absolute Gasteiger partial charge is 0.396 e. The summed E-state index contributed by atoms with van der Waals surface area (Å²) in [6.45, 7) is 12.1. The summed E-state index contributed by atoms with van der Waals surface area (Å²) in [5.74, 6) is 1.93. The summed E-state index contributed by atoms with van der Waals surface area (Å²) in [7, 11) is 0. The van der Waals surface area contributed by atoms with Gasteiger partial charge in [-0.2, -0.15) is 0 Å². The zero-order valence-electron chi connectivity index (χ0n) is 11.7. The zero-order chi connectivity index (χ0) is 12.8. The van der Waals surface area contributed by atoms with Gasteiger partial charge in [0.1, 0.15) is 0 Å². The number of fused-ring (bicyclic) bond motifs is 2. The summed E-state index contributed by atoms with van der Waals surface area (Å²) in [4.78, 5) is 0. The van der Waals surface area contributed by atoms with E-state index in [1.165, 1.54) is 5.57 Å². The highest BCUT2D eigenvalue weighted by atomic mass is 16.5. The topological polar surface area (TPSA) is 29.5 Å². The van der Waals surface area contributed by atoms with Crippen LogP contribution >= 0.6 is 0 Å². The third-order valence-corrected chi connectivity index (χ3v) is 5.24. The molecule has 1 saturated heterocycles. The van der Waals surface area contributed by atoms with Crippen LogP contribution in [0.1, 0.15) is 34.6 Å². The van der Waals surface area contributed by atoms with Gasteiger partial charge in [0.15, 0.2) is 0 Å². The number of ether oxygens (including phenoxy) is 1. The summed E-state index contributed by atoms with van der Waals surface area (Å²) in [5.41, 5.74) is 1.39. The van der Waals surface area contributed by atoms with E-state index >= 15 is 0 Å². The quantitative estimate of drug-likeness (QED) is 0.750. The Morgan fingerprint density at radius 1 is 1.47 bits per heavy atom. The van der Waals surface area contributed by atoms with Crippen molar-refractivity contribution in [2.24, 2.45) is 29.1 Å². The van der Waals surface area contributed by atoms with Crippen LogP contribution in [0.3, 0.4) is 0 Å². The number of allylic oxidation sites excluding steroid dienone is 1. The first-order chi connectivity index (χ1) is 7.94. The van der Waals surface area contributed by atoms with Gasteiger partial charge in [-0.3, -0.25) is 0 Å². The molecule has 0 radical (unpaired) electrons. The first-order valence-corrected chi connectivity index (χ1v) is 6.85. The molecule has 98 valence electrons. The van der Waals surface area contributed by atoms with Gasteiger partial charge in [-0.1, -0.05) is 39.3 Å². The third-order valence-electron chi connectivity index (χ3n) is 5.24. The van der Waals surface area contributed by atoms with Gasteiger partial charge in [0.25, 0.3) is 0 Å². The minimum Gasteiger partial charge on any atom is -0.396 e. The van der Waals surface area contributed by atoms with Crippen molar-refractivity contribution in [1.29, 1.82) is 0 Å². The van der Waals surface area contributed by atoms with Crippen LogP contribution < -0.4 is 0 Å². The van der Waals surface area contributed by atoms with Gasteiger partial charge < -0.3 is 9.84 Å². The maximum atomic E-state index is 9.84. The fourth-order valence-corrected chi connectivity index (χ4v) is 3.94. The molecule has 2 heteroatoms. The van der Waals surface area contributed by atoms with Crippen LogP contribution in [-0.4, -0.2) is 24.4 Å². The van der Waals surface area contributed by atoms with Crippen LogP contribution in [0.25, 0.3) is 0 Å². The van der Waals surface area contributed by atoms with Crippen molar-refractivity contribution in [2.45, 2.75) is 40.7 Å². The average Bonchev–Trinajstić information content (AvgIpc) is 2.26. The molecule has 17 heavy (non-hydrogen) atoms. The van der Waals surface area contributed by atoms with Crippen LogP contribution in [0.5, 0.6) is 0 Å². The first kappa shape index (κ1) is 13.1. The maximum absolute atomic E-state index is 9.84. The molecule has 0 unspecified atom stereocenters. The van der Waals surface area contributed by atoms with Crippen LogP contribution in [0, 0.1) is 29.1 Å². The maximum Gasteiger partial charge on any atom is 0.0666 e. The average molecular weight is 238 g/mol. The second-order valence-corrected chi connectivity index (χ2v) is 6.42. The predicted molar refractivity (Wildman–Crippen MR) is 69.7 cm³/mol. The molecule has 5 atom stereocenters. The summed E-state index contributed by atoms with van der Waals surface area (Å²) in [6.07, 6.45) is 2.67. The molecule has 2 nitrogen and oxygen atoms in total. The molecule has 0 saturated carbocycles. The van der Waals surface area contributed by atoms with Crippen molar-refractivity contribution in [3.63, 3.8) is 0 Å². The highest BCUT2D eigenvalue weighted by Gasteiger charge is 2.53. The first-order valence-electron chi connectivity index (χ1n) is 6.85. The monoisotopic (exact) mass is 238 g/mol. The predicted octanol–water partition coefficient (Wildman–Crippen LogP) is 2.87. The molecule has 0 spiro atoms. The molecule has 0 aromatic carbocycles. The van der Waals surface area contributed by atoms with Gasteiger partial charge in [-0.15, -0.1) is 0 Å². The minimum atomic E-state index is -0.0600. The number of rotatable bonds is 2. The van der Waals surface area contributed by atoms with E-state index in [1.807, 2.05) is 0 Å². The van der Waals surface area contributed by atoms with E-state index in [0.29, 0.717) is 36.4 Å². The Labute approximate surface area is 105 Å². The van der Waals surface area contributed by atoms with E-state index in [-0.39, 0.29) is 12.0 Å². The van der Waals surface area contributed by atoms with Crippen molar-refractivity contribution < 1.29 is 9.84 Å². The second-order valence-electron chi connectivity index (χ2n) is 6.42. The lowest BCUT2D eigenvalue weighted by atomic mass is 9.55. The smallest absolute Gasteiger partial charge is 0.0666 e. The van der Waals surface area contributed by atoms with Gasteiger partial charge in [-0.25, -0.2) is 0 Å². The minimum absolute atomic E-state index is 0.0600. The van der Waals surface area contributed by atoms with Crippen molar-refractivity contribution in [2.75, 3.05) is 13.2 Å². The van der Waals surface area contributed by atoms with Crippen LogP contribution in [-0.2, 0) is 4.74 Å². The van der Waals surface area contributed by atoms with Crippen molar-refractivity contribution in [1.82, 2.24) is 0 Å². The summed E-state index contributed by atoms with van der Waals surface area (Å²) < 4.78 is 6.11. The van der Waals surface area contributed by atoms with E-state index in [0.717, 1.165) is 0 Å². The Morgan fingerprint density at radius 2 is 2.12 bits per heavy atom. The van der Waals surface area contributed by atoms with Gasteiger partial charge >= 0.3 is 0 Å². The Morgan fingerprint density at radius 3 is 2.65 bits per heavy atom. The van der Waals surface area contributed by atoms with Gasteiger partial charge in [0.2, 0.25) is 0 Å². The SMILES string of the molecule is CC1=C[C@@H](C)[C@@]2(CO)CO[C@H](C(C)C)[C@@H]1[C@@H]2C. The standard InChI is InChI=1S/C15H26O2/c1-9(2)14-13-10(3)6-11(4)15(7-16,8-17-14)12(13)5/h6,9,11-14,16H,7-8H2,1-5H3/t11-,12+,13+,14-,15-/m1/s1. The molecular weight excluding hydrogens is 212 g/mol. The molecule has 0 aromatic heterocycles. The fourth-order valence-electron chi connectivity index (χ4n) is 3.94. The van der Waals surface area contributed by atoms with Gasteiger partial charge in [0.05, 0.1) is 19.3 Å². The number of hydrogen-bond donors (Lipinski definition) is 1. The second kappa shape index (κ2) is 4.40. The summed E-state index contributed by atoms with van der Waals surface area (Å²) >= 11 is 0. The Bertz CT molecular complexity index is 321. The molecule has 0 aromatic rings. The molecule has 2 bridgehead atoms. The van der Waals surface area contributed by atoms with Crippen LogP contribution in [0.4, 0.5) is 0 Å². The molecule has 0 amide bonds. The molecular formula is C15H26O2. The third kappa shape index (κ3) is 1.77. The highest BCUT2D eigenvalue weighted by Crippen LogP contribution is 2.53. The normalized spacial score (nSPS) is 45.9. The molecule has 2 aliphatic rings. The molecule has 2 rings (SSSR count). The molecule has 1 fully saturated rings. The zero-order valence-corrected chi connectivity index (χ0v) is 11.7. The Balaban J connectivity index is 2.41. The van der Waals surface area contributed by atoms with E-state index in [1.54, 1.807) is 0 Å².